The molecule has 11 heteroatoms. The van der Waals surface area contributed by atoms with E-state index in [-0.39, 0.29) is 12.4 Å². The van der Waals surface area contributed by atoms with Crippen LogP contribution in [-0.4, -0.2) is 29.6 Å². The number of rotatable bonds is 12. The molecule has 0 radical (unpaired) electrons. The third kappa shape index (κ3) is 7.56. The Morgan fingerprint density at radius 3 is 2.33 bits per heavy atom. The van der Waals surface area contributed by atoms with Gasteiger partial charge in [-0.05, 0) is 65.2 Å². The predicted molar refractivity (Wildman–Crippen MR) is 227 cm³/mol. The number of nitrogens with one attached hydrogen (secondary N) is 2. The van der Waals surface area contributed by atoms with E-state index >= 15 is 0 Å². The van der Waals surface area contributed by atoms with Gasteiger partial charge in [0, 0.05) is 34.5 Å². The van der Waals surface area contributed by atoms with Crippen LogP contribution in [0.25, 0.3) is 56.3 Å². The minimum atomic E-state index is 0.116. The van der Waals surface area contributed by atoms with Crippen LogP contribution in [-0.2, 0) is 13.2 Å². The number of para-hydroxylation sites is 2. The van der Waals surface area contributed by atoms with Crippen molar-refractivity contribution in [3.63, 3.8) is 0 Å². The van der Waals surface area contributed by atoms with Crippen molar-refractivity contribution in [2.24, 2.45) is 0 Å². The summed E-state index contributed by atoms with van der Waals surface area (Å²) < 4.78 is 16.4. The van der Waals surface area contributed by atoms with Gasteiger partial charge >= 0.3 is 0 Å². The molecule has 3 aromatic heterocycles. The number of phenolic OH excluding ortho intramolecular Hbond substituents is 1. The highest BCUT2D eigenvalue weighted by molar-refractivity contribution is 6.43. The molecule has 0 saturated carbocycles. The summed E-state index contributed by atoms with van der Waals surface area (Å²) in [6, 6.07) is 43.3. The highest BCUT2D eigenvalue weighted by Gasteiger charge is 2.21. The summed E-state index contributed by atoms with van der Waals surface area (Å²) in [6.45, 7) is 0.650. The van der Waals surface area contributed by atoms with Crippen LogP contribution in [0.1, 0.15) is 11.1 Å². The summed E-state index contributed by atoms with van der Waals surface area (Å²) >= 11 is 13.6. The highest BCUT2D eigenvalue weighted by atomic mass is 35.5. The van der Waals surface area contributed by atoms with Gasteiger partial charge in [0.25, 0.3) is 0 Å². The maximum atomic E-state index is 11.2. The van der Waals surface area contributed by atoms with E-state index in [0.717, 1.165) is 56.2 Å². The van der Waals surface area contributed by atoms with Gasteiger partial charge in [0.2, 0.25) is 6.33 Å². The Bertz CT molecular complexity index is 2840. The molecule has 58 heavy (non-hydrogen) atoms. The van der Waals surface area contributed by atoms with Crippen LogP contribution < -0.4 is 14.0 Å². The number of benzene rings is 6. The minimum absolute atomic E-state index is 0.116. The largest absolute Gasteiger partial charge is 0.507 e. The Morgan fingerprint density at radius 2 is 1.50 bits per heavy atom. The summed E-state index contributed by atoms with van der Waals surface area (Å²) in [5, 5.41) is 12.0. The van der Waals surface area contributed by atoms with Gasteiger partial charge in [-0.2, -0.15) is 4.57 Å². The molecule has 3 N–H and O–H groups in total. The first-order valence-corrected chi connectivity index (χ1v) is 19.3. The standard InChI is InChI=1S/C47H34Cl2N6O3/c48-39-19-32(20-43(47(39)49)55-29-51-24-44(55)34-13-9-10-31(18-34)26-57-35-14-5-2-6-15-35)27-58-46-17-8-7-16-36(46)41-25-54(30-53-41)42-22-45(56)38(40-23-50-28-52-40)21-37(42)33-11-3-1-4-12-33/h1-25,28-30H,26-27H2,(H2,50,52,56)/p+1. The van der Waals surface area contributed by atoms with Crippen molar-refractivity contribution in [1.82, 2.24) is 24.5 Å². The van der Waals surface area contributed by atoms with E-state index in [1.54, 1.807) is 24.9 Å². The molecule has 0 aliphatic rings. The van der Waals surface area contributed by atoms with Gasteiger partial charge in [0.1, 0.15) is 41.7 Å². The molecular weight excluding hydrogens is 767 g/mol. The van der Waals surface area contributed by atoms with Crippen molar-refractivity contribution in [1.29, 1.82) is 0 Å². The van der Waals surface area contributed by atoms with Crippen LogP contribution >= 0.6 is 23.2 Å². The fourth-order valence-corrected chi connectivity index (χ4v) is 7.40. The quantitative estimate of drug-likeness (QED) is 0.107. The Balaban J connectivity index is 0.980. The first-order valence-electron chi connectivity index (χ1n) is 18.5. The van der Waals surface area contributed by atoms with Gasteiger partial charge in [0.05, 0.1) is 40.9 Å². The molecule has 9 rings (SSSR count). The fraction of sp³-hybridized carbons (Fsp3) is 0.0426. The van der Waals surface area contributed by atoms with Gasteiger partial charge in [-0.1, -0.05) is 102 Å². The third-order valence-electron chi connectivity index (χ3n) is 9.79. The number of aromatic hydroxyl groups is 1. The Hall–Kier alpha value is -7.07. The lowest BCUT2D eigenvalue weighted by molar-refractivity contribution is -0.582. The molecule has 0 bridgehead atoms. The maximum Gasteiger partial charge on any atom is 0.247 e. The van der Waals surface area contributed by atoms with E-state index in [0.29, 0.717) is 39.3 Å². The van der Waals surface area contributed by atoms with E-state index in [1.807, 2.05) is 149 Å². The lowest BCUT2D eigenvalue weighted by atomic mass is 9.98. The normalized spacial score (nSPS) is 11.1. The molecule has 0 atom stereocenters. The van der Waals surface area contributed by atoms with Crippen molar-refractivity contribution >= 4 is 23.2 Å². The number of imidazole rings is 3. The van der Waals surface area contributed by atoms with Crippen molar-refractivity contribution < 1.29 is 19.1 Å². The molecule has 0 amide bonds. The molecule has 3 heterocycles. The number of aromatic nitrogens is 6. The summed E-state index contributed by atoms with van der Waals surface area (Å²) in [5.74, 6) is 1.57. The zero-order chi connectivity index (χ0) is 39.4. The number of hydrogen-bond acceptors (Lipinski definition) is 5. The smallest absolute Gasteiger partial charge is 0.247 e. The predicted octanol–water partition coefficient (Wildman–Crippen LogP) is 11.0. The number of hydrogen-bond donors (Lipinski definition) is 3. The SMILES string of the molecule is Oc1cc(-n2cnc(-c3ccccc3OCc3cc(Cl)c(Cl)c(-[n+]4c[nH]cc4-c4cccc(COc5ccccc5)c4)c3)c2)c(-c2ccccc2)cc1-c1cnc[nH]1. The molecule has 6 aromatic carbocycles. The van der Waals surface area contributed by atoms with Gasteiger partial charge in [0.15, 0.2) is 11.4 Å². The number of halogens is 2. The van der Waals surface area contributed by atoms with Gasteiger partial charge in [-0.25, -0.2) is 15.0 Å². The zero-order valence-corrected chi connectivity index (χ0v) is 32.4. The van der Waals surface area contributed by atoms with E-state index < -0.39 is 0 Å². The topological polar surface area (TPSA) is 105 Å². The molecule has 0 spiro atoms. The van der Waals surface area contributed by atoms with Crippen LogP contribution in [0.4, 0.5) is 0 Å². The second kappa shape index (κ2) is 16.2. The van der Waals surface area contributed by atoms with E-state index in [9.17, 15) is 5.11 Å². The highest BCUT2D eigenvalue weighted by Crippen LogP contribution is 2.39. The van der Waals surface area contributed by atoms with Crippen LogP contribution in [0.5, 0.6) is 17.2 Å². The first-order chi connectivity index (χ1) is 28.5. The molecular formula is C47H35Cl2N6O3+. The Kier molecular flexibility index (Phi) is 10.2. The Labute approximate surface area is 344 Å². The van der Waals surface area contributed by atoms with E-state index in [4.69, 9.17) is 37.7 Å². The first kappa shape index (κ1) is 36.6. The van der Waals surface area contributed by atoms with Crippen LogP contribution in [0.15, 0.2) is 171 Å². The second-order valence-corrected chi connectivity index (χ2v) is 14.4. The number of H-pyrrole nitrogens is 2. The minimum Gasteiger partial charge on any atom is -0.507 e. The van der Waals surface area contributed by atoms with Gasteiger partial charge in [-0.15, -0.1) is 0 Å². The molecule has 0 aliphatic heterocycles. The molecule has 0 saturated heterocycles. The van der Waals surface area contributed by atoms with E-state index in [1.165, 1.54) is 0 Å². The van der Waals surface area contributed by atoms with Crippen molar-refractivity contribution in [3.05, 3.63) is 192 Å². The average Bonchev–Trinajstić information content (AvgIpc) is 4.08. The van der Waals surface area contributed by atoms with Gasteiger partial charge < -0.3 is 24.1 Å². The zero-order valence-electron chi connectivity index (χ0n) is 30.9. The van der Waals surface area contributed by atoms with Crippen LogP contribution in [0.2, 0.25) is 10.0 Å². The van der Waals surface area contributed by atoms with Crippen LogP contribution in [0.3, 0.4) is 0 Å². The molecule has 0 fully saturated rings. The second-order valence-electron chi connectivity index (χ2n) is 13.6. The third-order valence-corrected chi connectivity index (χ3v) is 10.6. The summed E-state index contributed by atoms with van der Waals surface area (Å²) in [7, 11) is 0. The van der Waals surface area contributed by atoms with Crippen molar-refractivity contribution in [2.45, 2.75) is 13.2 Å². The monoisotopic (exact) mass is 801 g/mol. The molecule has 9 aromatic rings. The Morgan fingerprint density at radius 1 is 0.724 bits per heavy atom. The number of phenols is 1. The molecule has 284 valence electrons. The summed E-state index contributed by atoms with van der Waals surface area (Å²) in [5.41, 5.74) is 9.99. The summed E-state index contributed by atoms with van der Waals surface area (Å²) in [6.07, 6.45) is 10.7. The fourth-order valence-electron chi connectivity index (χ4n) is 6.96. The summed E-state index contributed by atoms with van der Waals surface area (Å²) in [4.78, 5) is 15.3. The lowest BCUT2D eigenvalue weighted by Gasteiger charge is -2.14. The molecule has 9 nitrogen and oxygen atoms in total. The molecule has 0 unspecified atom stereocenters. The van der Waals surface area contributed by atoms with Gasteiger partial charge in [-0.3, -0.25) is 0 Å². The number of aromatic amines is 2. The lowest BCUT2D eigenvalue weighted by Crippen LogP contribution is -2.31. The number of nitrogens with zero attached hydrogens (tertiary/aromatic N) is 4. The number of ether oxygens (including phenoxy) is 2. The van der Waals surface area contributed by atoms with Crippen molar-refractivity contribution in [2.75, 3.05) is 0 Å². The maximum absolute atomic E-state index is 11.2. The molecule has 0 aliphatic carbocycles. The van der Waals surface area contributed by atoms with E-state index in [2.05, 4.69) is 21.0 Å². The van der Waals surface area contributed by atoms with Crippen molar-refractivity contribution in [3.8, 4) is 73.5 Å². The average molecular weight is 803 g/mol. The van der Waals surface area contributed by atoms with Crippen LogP contribution in [0, 0.1) is 0 Å².